The lowest BCUT2D eigenvalue weighted by atomic mass is 9.98. The van der Waals surface area contributed by atoms with Crippen molar-refractivity contribution in [3.8, 4) is 0 Å². The monoisotopic (exact) mass is 304 g/mol. The Morgan fingerprint density at radius 3 is 2.95 bits per heavy atom. The van der Waals surface area contributed by atoms with E-state index in [9.17, 15) is 9.59 Å². The van der Waals surface area contributed by atoms with Crippen molar-refractivity contribution in [3.63, 3.8) is 0 Å². The average molecular weight is 304 g/mol. The van der Waals surface area contributed by atoms with Crippen molar-refractivity contribution < 1.29 is 9.59 Å². The van der Waals surface area contributed by atoms with Gasteiger partial charge in [0.1, 0.15) is 0 Å². The largest absolute Gasteiger partial charge is 0.342 e. The van der Waals surface area contributed by atoms with Gasteiger partial charge in [-0.1, -0.05) is 0 Å². The summed E-state index contributed by atoms with van der Waals surface area (Å²) in [6.07, 6.45) is 7.31. The topological polar surface area (TPSA) is 58.4 Å². The Kier molecular flexibility index (Phi) is 4.45. The normalized spacial score (nSPS) is 25.8. The molecule has 0 aliphatic carbocycles. The zero-order valence-electron chi connectivity index (χ0n) is 13.1. The molecule has 0 N–H and O–H groups in total. The van der Waals surface area contributed by atoms with E-state index in [1.807, 2.05) is 28.8 Å². The molecule has 6 heteroatoms. The Morgan fingerprint density at radius 2 is 2.27 bits per heavy atom. The van der Waals surface area contributed by atoms with E-state index in [-0.39, 0.29) is 23.8 Å². The number of amides is 2. The van der Waals surface area contributed by atoms with Gasteiger partial charge in [-0.05, 0) is 32.3 Å². The minimum absolute atomic E-state index is 0.112. The molecule has 3 heterocycles. The van der Waals surface area contributed by atoms with Gasteiger partial charge in [-0.15, -0.1) is 0 Å². The van der Waals surface area contributed by atoms with Crippen LogP contribution in [-0.4, -0.2) is 57.1 Å². The number of piperidine rings is 1. The zero-order valence-corrected chi connectivity index (χ0v) is 13.1. The molecular weight excluding hydrogens is 280 g/mol. The van der Waals surface area contributed by atoms with Crippen LogP contribution in [0.3, 0.4) is 0 Å². The van der Waals surface area contributed by atoms with Crippen molar-refractivity contribution in [1.82, 2.24) is 19.6 Å². The lowest BCUT2D eigenvalue weighted by molar-refractivity contribution is -0.139. The Hall–Kier alpha value is -1.85. The lowest BCUT2D eigenvalue weighted by Gasteiger charge is -2.37. The summed E-state index contributed by atoms with van der Waals surface area (Å²) in [5, 5.41) is 4.26. The van der Waals surface area contributed by atoms with Crippen LogP contribution < -0.4 is 0 Å². The molecule has 2 fully saturated rings. The van der Waals surface area contributed by atoms with Gasteiger partial charge in [-0.25, -0.2) is 0 Å². The first-order valence-corrected chi connectivity index (χ1v) is 8.24. The Balaban J connectivity index is 1.68. The molecule has 0 radical (unpaired) electrons. The van der Waals surface area contributed by atoms with Gasteiger partial charge in [0.25, 0.3) is 0 Å². The number of carbonyl (C=O) groups is 2. The zero-order chi connectivity index (χ0) is 15.5. The molecule has 0 spiro atoms. The van der Waals surface area contributed by atoms with Crippen molar-refractivity contribution >= 4 is 11.8 Å². The highest BCUT2D eigenvalue weighted by Crippen LogP contribution is 2.25. The second-order valence-corrected chi connectivity index (χ2v) is 6.24. The third kappa shape index (κ3) is 3.00. The molecule has 2 aliphatic rings. The van der Waals surface area contributed by atoms with Crippen LogP contribution in [0.4, 0.5) is 0 Å². The third-order valence-electron chi connectivity index (χ3n) is 4.81. The fourth-order valence-electron chi connectivity index (χ4n) is 3.58. The van der Waals surface area contributed by atoms with Gasteiger partial charge in [-0.2, -0.15) is 5.10 Å². The molecular formula is C16H24N4O2. The minimum atomic E-state index is -0.161. The summed E-state index contributed by atoms with van der Waals surface area (Å²) in [5.41, 5.74) is 0. The first kappa shape index (κ1) is 15.1. The van der Waals surface area contributed by atoms with Crippen LogP contribution in [0.5, 0.6) is 0 Å². The van der Waals surface area contributed by atoms with Crippen LogP contribution in [0.2, 0.25) is 0 Å². The van der Waals surface area contributed by atoms with Crippen LogP contribution in [0.1, 0.15) is 32.6 Å². The highest BCUT2D eigenvalue weighted by atomic mass is 16.2. The molecule has 0 saturated carbocycles. The molecule has 2 amide bonds. The number of rotatable bonds is 4. The summed E-state index contributed by atoms with van der Waals surface area (Å²) in [7, 11) is 0. The maximum atomic E-state index is 12.9. The third-order valence-corrected chi connectivity index (χ3v) is 4.81. The number of aromatic nitrogens is 2. The molecule has 1 aromatic rings. The minimum Gasteiger partial charge on any atom is -0.342 e. The summed E-state index contributed by atoms with van der Waals surface area (Å²) in [6, 6.07) is 2.11. The lowest BCUT2D eigenvalue weighted by Crippen LogP contribution is -2.48. The van der Waals surface area contributed by atoms with E-state index < -0.39 is 0 Å². The number of hydrogen-bond acceptors (Lipinski definition) is 3. The predicted octanol–water partition coefficient (Wildman–Crippen LogP) is 1.13. The van der Waals surface area contributed by atoms with Crippen molar-refractivity contribution in [2.45, 2.75) is 45.2 Å². The van der Waals surface area contributed by atoms with Crippen LogP contribution in [0.15, 0.2) is 18.5 Å². The summed E-state index contributed by atoms with van der Waals surface area (Å²) in [6.45, 7) is 4.79. The second kappa shape index (κ2) is 6.50. The van der Waals surface area contributed by atoms with E-state index in [0.717, 1.165) is 32.4 Å². The Labute approximate surface area is 131 Å². The molecule has 1 aromatic heterocycles. The summed E-state index contributed by atoms with van der Waals surface area (Å²) >= 11 is 0. The molecule has 0 bridgehead atoms. The molecule has 2 aliphatic heterocycles. The molecule has 22 heavy (non-hydrogen) atoms. The van der Waals surface area contributed by atoms with Crippen LogP contribution in [0, 0.1) is 5.92 Å². The standard InChI is InChI=1S/C16H24N4O2/c1-2-18-11-13(10-15(18)21)16(22)20-9-4-3-6-14(20)12-19-8-5-7-17-19/h5,7-8,13-14H,2-4,6,9-12H2,1H3/t13-,14-/m1/s1. The molecule has 2 atom stereocenters. The van der Waals surface area contributed by atoms with Gasteiger partial charge >= 0.3 is 0 Å². The number of likely N-dealkylation sites (tertiary alicyclic amines) is 2. The van der Waals surface area contributed by atoms with Crippen molar-refractivity contribution in [3.05, 3.63) is 18.5 Å². The van der Waals surface area contributed by atoms with E-state index in [0.29, 0.717) is 19.5 Å². The van der Waals surface area contributed by atoms with E-state index >= 15 is 0 Å². The van der Waals surface area contributed by atoms with E-state index in [1.54, 1.807) is 11.1 Å². The molecule has 0 unspecified atom stereocenters. The van der Waals surface area contributed by atoms with Gasteiger partial charge in [0.2, 0.25) is 11.8 Å². The predicted molar refractivity (Wildman–Crippen MR) is 81.9 cm³/mol. The fraction of sp³-hybridized carbons (Fsp3) is 0.688. The van der Waals surface area contributed by atoms with Crippen molar-refractivity contribution in [2.75, 3.05) is 19.6 Å². The van der Waals surface area contributed by atoms with E-state index in [2.05, 4.69) is 5.10 Å². The van der Waals surface area contributed by atoms with Crippen LogP contribution in [-0.2, 0) is 16.1 Å². The van der Waals surface area contributed by atoms with Crippen LogP contribution in [0.25, 0.3) is 0 Å². The first-order chi connectivity index (χ1) is 10.7. The molecule has 2 saturated heterocycles. The van der Waals surface area contributed by atoms with Crippen molar-refractivity contribution in [1.29, 1.82) is 0 Å². The quantitative estimate of drug-likeness (QED) is 0.838. The van der Waals surface area contributed by atoms with Gasteiger partial charge in [-0.3, -0.25) is 14.3 Å². The van der Waals surface area contributed by atoms with E-state index in [4.69, 9.17) is 0 Å². The van der Waals surface area contributed by atoms with Crippen molar-refractivity contribution in [2.24, 2.45) is 5.92 Å². The van der Waals surface area contributed by atoms with Gasteiger partial charge in [0.05, 0.1) is 18.5 Å². The van der Waals surface area contributed by atoms with Gasteiger partial charge in [0.15, 0.2) is 0 Å². The molecule has 0 aromatic carbocycles. The highest BCUT2D eigenvalue weighted by molar-refractivity contribution is 5.89. The summed E-state index contributed by atoms with van der Waals surface area (Å²) in [4.78, 5) is 28.5. The highest BCUT2D eigenvalue weighted by Gasteiger charge is 2.38. The van der Waals surface area contributed by atoms with E-state index in [1.165, 1.54) is 0 Å². The smallest absolute Gasteiger partial charge is 0.228 e. The van der Waals surface area contributed by atoms with Gasteiger partial charge in [0, 0.05) is 38.4 Å². The van der Waals surface area contributed by atoms with Crippen LogP contribution >= 0.6 is 0 Å². The average Bonchev–Trinajstić information content (AvgIpc) is 3.16. The fourth-order valence-corrected chi connectivity index (χ4v) is 3.58. The summed E-state index contributed by atoms with van der Waals surface area (Å²) in [5.74, 6) is 0.105. The summed E-state index contributed by atoms with van der Waals surface area (Å²) < 4.78 is 1.90. The first-order valence-electron chi connectivity index (χ1n) is 8.24. The number of nitrogens with zero attached hydrogens (tertiary/aromatic N) is 4. The van der Waals surface area contributed by atoms with Gasteiger partial charge < -0.3 is 9.80 Å². The molecule has 120 valence electrons. The second-order valence-electron chi connectivity index (χ2n) is 6.24. The Bertz CT molecular complexity index is 528. The maximum Gasteiger partial charge on any atom is 0.228 e. The number of hydrogen-bond donors (Lipinski definition) is 0. The SMILES string of the molecule is CCN1C[C@H](C(=O)N2CCCC[C@@H]2Cn2cccn2)CC1=O. The Morgan fingerprint density at radius 1 is 1.41 bits per heavy atom. The number of carbonyl (C=O) groups excluding carboxylic acids is 2. The molecule has 6 nitrogen and oxygen atoms in total. The molecule has 3 rings (SSSR count). The maximum absolute atomic E-state index is 12.9.